The van der Waals surface area contributed by atoms with Gasteiger partial charge in [-0.1, -0.05) is 43.3 Å². The third kappa shape index (κ3) is 4.42. The van der Waals surface area contributed by atoms with E-state index in [0.717, 1.165) is 22.6 Å². The fraction of sp³-hybridized carbons (Fsp3) is 0.417. The van der Waals surface area contributed by atoms with Crippen LogP contribution in [0.15, 0.2) is 48.5 Å². The topological polar surface area (TPSA) is 71.1 Å². The van der Waals surface area contributed by atoms with Gasteiger partial charge in [-0.25, -0.2) is 0 Å². The average Bonchev–Trinajstić information content (AvgIpc) is 3.38. The van der Waals surface area contributed by atoms with Gasteiger partial charge in [0.15, 0.2) is 0 Å². The number of fused-ring (bicyclic) bond motifs is 2. The first-order valence-corrected chi connectivity index (χ1v) is 10.4. The lowest BCUT2D eigenvalue weighted by Gasteiger charge is -2.14. The van der Waals surface area contributed by atoms with Crippen LogP contribution in [0, 0.1) is 5.92 Å². The summed E-state index contributed by atoms with van der Waals surface area (Å²) in [5.41, 5.74) is 1.78. The lowest BCUT2D eigenvalue weighted by Crippen LogP contribution is -2.20. The molecule has 2 heterocycles. The smallest absolute Gasteiger partial charge is 0.317 e. The van der Waals surface area contributed by atoms with Crippen molar-refractivity contribution in [2.45, 2.75) is 31.6 Å². The quantitative estimate of drug-likeness (QED) is 0.616. The van der Waals surface area contributed by atoms with Crippen LogP contribution in [0.4, 0.5) is 0 Å². The number of hydrogen-bond acceptors (Lipinski definition) is 6. The van der Waals surface area contributed by atoms with Gasteiger partial charge in [0.05, 0.1) is 13.2 Å². The molecule has 6 nitrogen and oxygen atoms in total. The zero-order valence-corrected chi connectivity index (χ0v) is 17.0. The summed E-state index contributed by atoms with van der Waals surface area (Å²) >= 11 is 0. The van der Waals surface area contributed by atoms with Crippen molar-refractivity contribution in [2.75, 3.05) is 26.4 Å². The second-order valence-electron chi connectivity index (χ2n) is 7.82. The van der Waals surface area contributed by atoms with Crippen molar-refractivity contribution in [1.82, 2.24) is 0 Å². The van der Waals surface area contributed by atoms with Gasteiger partial charge in [0.2, 0.25) is 0 Å². The molecule has 0 aromatic heterocycles. The van der Waals surface area contributed by atoms with Gasteiger partial charge in [-0.2, -0.15) is 0 Å². The lowest BCUT2D eigenvalue weighted by atomic mass is 10.0. The molecule has 4 rings (SSSR count). The van der Waals surface area contributed by atoms with Crippen LogP contribution < -0.4 is 9.47 Å². The second-order valence-corrected chi connectivity index (χ2v) is 7.82. The SMILES string of the molecule is CC(CCOC(=O)[C@H]1COc2ccccc21)CCOC(=O)[C@H]1COc2ccccc21. The molecule has 0 aliphatic carbocycles. The van der Waals surface area contributed by atoms with Crippen molar-refractivity contribution in [2.24, 2.45) is 5.92 Å². The highest BCUT2D eigenvalue weighted by molar-refractivity contribution is 5.81. The van der Waals surface area contributed by atoms with E-state index in [1.807, 2.05) is 48.5 Å². The van der Waals surface area contributed by atoms with Crippen molar-refractivity contribution < 1.29 is 28.5 Å². The Morgan fingerprint density at radius 1 is 0.833 bits per heavy atom. The normalized spacial score (nSPS) is 18.9. The number of esters is 2. The van der Waals surface area contributed by atoms with E-state index in [4.69, 9.17) is 18.9 Å². The van der Waals surface area contributed by atoms with Crippen molar-refractivity contribution >= 4 is 11.9 Å². The third-order valence-electron chi connectivity index (χ3n) is 5.68. The standard InChI is InChI=1S/C24H26O6/c1-16(10-12-27-23(25)19-14-29-21-8-4-2-6-17(19)21)11-13-28-24(26)20-15-30-22-9-5-3-7-18(20)22/h2-9,16,19-20H,10-15H2,1H3/t19-,20-/m0/s1. The number of benzene rings is 2. The van der Waals surface area contributed by atoms with Crippen LogP contribution in [0.5, 0.6) is 11.5 Å². The summed E-state index contributed by atoms with van der Waals surface area (Å²) < 4.78 is 22.0. The van der Waals surface area contributed by atoms with Gasteiger partial charge in [-0.3, -0.25) is 9.59 Å². The first-order valence-electron chi connectivity index (χ1n) is 10.4. The van der Waals surface area contributed by atoms with Gasteiger partial charge in [0.25, 0.3) is 0 Å². The first kappa shape index (κ1) is 20.3. The Morgan fingerprint density at radius 2 is 1.27 bits per heavy atom. The summed E-state index contributed by atoms with van der Waals surface area (Å²) in [6.07, 6.45) is 1.43. The minimum Gasteiger partial charge on any atom is -0.492 e. The van der Waals surface area contributed by atoms with Gasteiger partial charge in [0, 0.05) is 11.1 Å². The Kier molecular flexibility index (Phi) is 6.21. The van der Waals surface area contributed by atoms with Gasteiger partial charge in [0.1, 0.15) is 36.5 Å². The minimum atomic E-state index is -0.353. The molecule has 0 saturated heterocycles. The molecule has 0 bridgehead atoms. The number of hydrogen-bond donors (Lipinski definition) is 0. The third-order valence-corrected chi connectivity index (χ3v) is 5.68. The van der Waals surface area contributed by atoms with Crippen LogP contribution >= 0.6 is 0 Å². The highest BCUT2D eigenvalue weighted by Crippen LogP contribution is 2.35. The van der Waals surface area contributed by atoms with E-state index in [-0.39, 0.29) is 29.7 Å². The van der Waals surface area contributed by atoms with E-state index in [9.17, 15) is 9.59 Å². The highest BCUT2D eigenvalue weighted by Gasteiger charge is 2.32. The van der Waals surface area contributed by atoms with E-state index in [0.29, 0.717) is 39.3 Å². The molecule has 30 heavy (non-hydrogen) atoms. The number of carbonyl (C=O) groups is 2. The molecule has 0 fully saturated rings. The molecular formula is C24H26O6. The number of para-hydroxylation sites is 2. The maximum atomic E-state index is 12.4. The molecule has 0 N–H and O–H groups in total. The Morgan fingerprint density at radius 3 is 1.73 bits per heavy atom. The van der Waals surface area contributed by atoms with Crippen LogP contribution in [0.2, 0.25) is 0 Å². The summed E-state index contributed by atoms with van der Waals surface area (Å²) in [6.45, 7) is 3.41. The largest absolute Gasteiger partial charge is 0.492 e. The minimum absolute atomic E-state index is 0.251. The van der Waals surface area contributed by atoms with Crippen LogP contribution in [0.25, 0.3) is 0 Å². The molecule has 0 radical (unpaired) electrons. The molecule has 0 spiro atoms. The summed E-state index contributed by atoms with van der Waals surface area (Å²) in [5.74, 6) is 0.569. The molecule has 158 valence electrons. The van der Waals surface area contributed by atoms with Gasteiger partial charge < -0.3 is 18.9 Å². The predicted octanol–water partition coefficient (Wildman–Crippen LogP) is 3.84. The average molecular weight is 410 g/mol. The van der Waals surface area contributed by atoms with Crippen LogP contribution in [0.1, 0.15) is 42.7 Å². The van der Waals surface area contributed by atoms with Crippen molar-refractivity contribution in [3.8, 4) is 11.5 Å². The van der Waals surface area contributed by atoms with Crippen molar-refractivity contribution in [1.29, 1.82) is 0 Å². The zero-order valence-electron chi connectivity index (χ0n) is 17.0. The maximum absolute atomic E-state index is 12.4. The number of ether oxygens (including phenoxy) is 4. The fourth-order valence-electron chi connectivity index (χ4n) is 3.78. The van der Waals surface area contributed by atoms with E-state index in [1.54, 1.807) is 0 Å². The monoisotopic (exact) mass is 410 g/mol. The number of rotatable bonds is 8. The molecule has 0 unspecified atom stereocenters. The molecule has 2 aliphatic heterocycles. The van der Waals surface area contributed by atoms with Crippen molar-refractivity contribution in [3.05, 3.63) is 59.7 Å². The van der Waals surface area contributed by atoms with E-state index < -0.39 is 0 Å². The summed E-state index contributed by atoms with van der Waals surface area (Å²) in [7, 11) is 0. The molecule has 2 aromatic carbocycles. The van der Waals surface area contributed by atoms with Gasteiger partial charge in [-0.15, -0.1) is 0 Å². The number of carbonyl (C=O) groups excluding carboxylic acids is 2. The molecule has 6 heteroatoms. The molecule has 2 aliphatic rings. The van der Waals surface area contributed by atoms with E-state index >= 15 is 0 Å². The van der Waals surface area contributed by atoms with E-state index in [1.165, 1.54) is 0 Å². The summed E-state index contributed by atoms with van der Waals surface area (Å²) in [6, 6.07) is 15.1. The van der Waals surface area contributed by atoms with Crippen LogP contribution in [0.3, 0.4) is 0 Å². The predicted molar refractivity (Wildman–Crippen MR) is 110 cm³/mol. The Labute approximate surface area is 176 Å². The van der Waals surface area contributed by atoms with Crippen molar-refractivity contribution in [3.63, 3.8) is 0 Å². The van der Waals surface area contributed by atoms with E-state index in [2.05, 4.69) is 6.92 Å². The summed E-state index contributed by atoms with van der Waals surface area (Å²) in [5, 5.41) is 0. The maximum Gasteiger partial charge on any atom is 0.317 e. The molecule has 0 saturated carbocycles. The highest BCUT2D eigenvalue weighted by atomic mass is 16.5. The zero-order chi connectivity index (χ0) is 20.9. The van der Waals surface area contributed by atoms with Gasteiger partial charge in [-0.05, 0) is 30.9 Å². The lowest BCUT2D eigenvalue weighted by molar-refractivity contribution is -0.146. The molecule has 2 aromatic rings. The molecular weight excluding hydrogens is 384 g/mol. The van der Waals surface area contributed by atoms with Crippen LogP contribution in [-0.2, 0) is 19.1 Å². The Balaban J connectivity index is 1.14. The summed E-state index contributed by atoms with van der Waals surface area (Å²) in [4.78, 5) is 24.7. The van der Waals surface area contributed by atoms with Gasteiger partial charge >= 0.3 is 11.9 Å². The molecule has 0 amide bonds. The first-order chi connectivity index (χ1) is 14.6. The second kappa shape index (κ2) is 9.20. The molecule has 2 atom stereocenters. The fourth-order valence-corrected chi connectivity index (χ4v) is 3.78. The Hall–Kier alpha value is -3.02. The Bertz CT molecular complexity index is 835. The van der Waals surface area contributed by atoms with Crippen LogP contribution in [-0.4, -0.2) is 38.4 Å².